The van der Waals surface area contributed by atoms with Crippen molar-refractivity contribution in [2.24, 2.45) is 0 Å². The maximum atomic E-state index is 15.5. The van der Waals surface area contributed by atoms with Crippen LogP contribution in [0.5, 0.6) is 0 Å². The summed E-state index contributed by atoms with van der Waals surface area (Å²) in [6.07, 6.45) is -8.06. The van der Waals surface area contributed by atoms with Crippen LogP contribution in [-0.2, 0) is 9.53 Å². The molecular formula is C27H5F45O2. The fraction of sp³-hybridized carbons (Fsp3) is 0.889. The Morgan fingerprint density at radius 2 is 0.432 bits per heavy atom. The molecule has 0 heterocycles. The predicted molar refractivity (Wildman–Crippen MR) is 134 cm³/mol. The molecule has 0 aromatic carbocycles. The van der Waals surface area contributed by atoms with Gasteiger partial charge in [-0.05, 0) is 6.92 Å². The first-order chi connectivity index (χ1) is 31.1. The van der Waals surface area contributed by atoms with Gasteiger partial charge >= 0.3 is 142 Å². The summed E-state index contributed by atoms with van der Waals surface area (Å²) in [6.45, 7) is 2.12. The zero-order valence-electron chi connectivity index (χ0n) is 32.0. The largest absolute Gasteiger partial charge is 0.473 e. The van der Waals surface area contributed by atoms with E-state index in [9.17, 15) is 198 Å². The van der Waals surface area contributed by atoms with Crippen molar-refractivity contribution in [3.05, 3.63) is 12.2 Å². The lowest BCUT2D eigenvalue weighted by atomic mass is 9.71. The SMILES string of the molecule is C=C(C)C(=O)OC(F)(F)C(F)(F)C(F)(F)C(F)(F)C(F)(F)C(F)(F)C(F)(F)C(F)(F)C(F)(F)C(F)(F)C(F)(F)C(F)(F)C1(F)C(F)(F)C(F)(F)C(F)(F)C(F)(F)C(F)(F)C(F)(F)C(F)(F)C(F)(F)C(F)(F)C1(F)F. The molecule has 2 nitrogen and oxygen atoms in total. The second kappa shape index (κ2) is 16.1. The highest BCUT2D eigenvalue weighted by atomic mass is 19.4. The molecule has 0 unspecified atom stereocenters. The van der Waals surface area contributed by atoms with Gasteiger partial charge in [0.1, 0.15) is 0 Å². The monoisotopic (exact) mass is 1220 g/mol. The number of rotatable bonds is 14. The van der Waals surface area contributed by atoms with Crippen molar-refractivity contribution >= 4 is 5.97 Å². The van der Waals surface area contributed by atoms with Crippen LogP contribution in [0.25, 0.3) is 0 Å². The third-order valence-electron chi connectivity index (χ3n) is 9.73. The number of carbonyl (C=O) groups is 1. The van der Waals surface area contributed by atoms with Crippen LogP contribution in [0.1, 0.15) is 6.92 Å². The van der Waals surface area contributed by atoms with Gasteiger partial charge in [-0.15, -0.1) is 0 Å². The fourth-order valence-electron chi connectivity index (χ4n) is 5.04. The summed E-state index contributed by atoms with van der Waals surface area (Å²) >= 11 is 0. The van der Waals surface area contributed by atoms with E-state index in [2.05, 4.69) is 6.58 Å². The first kappa shape index (κ1) is 68.1. The number of esters is 1. The van der Waals surface area contributed by atoms with Crippen LogP contribution in [0.2, 0.25) is 0 Å². The van der Waals surface area contributed by atoms with Crippen LogP contribution in [0.4, 0.5) is 198 Å². The second-order valence-electron chi connectivity index (χ2n) is 14.4. The van der Waals surface area contributed by atoms with E-state index in [4.69, 9.17) is 0 Å². The Hall–Kier alpha value is -3.94. The van der Waals surface area contributed by atoms with Crippen molar-refractivity contribution in [2.45, 2.75) is 143 Å². The summed E-state index contributed by atoms with van der Waals surface area (Å²) in [7, 11) is 0. The molecule has 0 atom stereocenters. The molecule has 47 heteroatoms. The maximum Gasteiger partial charge on any atom is 0.473 e. The smallest absolute Gasteiger partial charge is 0.393 e. The minimum absolute atomic E-state index is 0.0395. The Morgan fingerprint density at radius 3 is 0.608 bits per heavy atom. The van der Waals surface area contributed by atoms with E-state index in [1.165, 1.54) is 0 Å². The van der Waals surface area contributed by atoms with Gasteiger partial charge in [0, 0.05) is 5.57 Å². The zero-order valence-corrected chi connectivity index (χ0v) is 32.0. The molecular weight excluding hydrogens is 1210 g/mol. The number of hydrogen-bond acceptors (Lipinski definition) is 2. The summed E-state index contributed by atoms with van der Waals surface area (Å²) in [5.41, 5.74) is -13.8. The highest BCUT2D eigenvalue weighted by Gasteiger charge is 3.09. The van der Waals surface area contributed by atoms with Gasteiger partial charge in [-0.3, -0.25) is 0 Å². The lowest BCUT2D eigenvalue weighted by Gasteiger charge is -2.52. The van der Waals surface area contributed by atoms with Crippen LogP contribution in [-0.4, -0.2) is 142 Å². The van der Waals surface area contributed by atoms with Crippen molar-refractivity contribution in [1.29, 1.82) is 0 Å². The minimum atomic E-state index is -12.0. The first-order valence-electron chi connectivity index (χ1n) is 16.0. The molecule has 1 aliphatic rings. The number of ether oxygens (including phenoxy) is 1. The van der Waals surface area contributed by atoms with E-state index >= 15 is 4.39 Å². The standard InChI is InChI=1S/C27H5F45O2/c1-3(2)4(73)74-27(71,72)26(69,70)25(67,68)24(65,66)23(63,64)22(61,62)21(59,60)20(57,58)17(51,52)14(45,46)11(39,40)8(33,34)5(28)6(29,30)9(35,36)12(41,42)15(47,48)18(53,54)19(55,56)16(49,50)13(43,44)10(37,38)7(5,31)32/h1H2,2H3. The lowest BCUT2D eigenvalue weighted by Crippen LogP contribution is -2.86. The number of carbonyl (C=O) groups excluding carboxylic acids is 1. The second-order valence-corrected chi connectivity index (χ2v) is 14.4. The zero-order chi connectivity index (χ0) is 61.4. The molecule has 0 aromatic rings. The van der Waals surface area contributed by atoms with Gasteiger partial charge in [-0.2, -0.15) is 193 Å². The van der Waals surface area contributed by atoms with E-state index in [-0.39, 0.29) is 6.92 Å². The van der Waals surface area contributed by atoms with Crippen LogP contribution in [0.15, 0.2) is 12.2 Å². The van der Waals surface area contributed by atoms with Crippen molar-refractivity contribution in [3.8, 4) is 0 Å². The van der Waals surface area contributed by atoms with Crippen LogP contribution in [0.3, 0.4) is 0 Å². The topological polar surface area (TPSA) is 26.3 Å². The van der Waals surface area contributed by atoms with Crippen LogP contribution in [0, 0.1) is 0 Å². The molecule has 1 fully saturated rings. The highest BCUT2D eigenvalue weighted by Crippen LogP contribution is 2.76. The quantitative estimate of drug-likeness (QED) is 0.0984. The molecule has 0 aliphatic heterocycles. The van der Waals surface area contributed by atoms with Gasteiger partial charge in [0.05, 0.1) is 0 Å². The molecule has 0 spiro atoms. The van der Waals surface area contributed by atoms with Crippen molar-refractivity contribution < 1.29 is 207 Å². The Labute approximate surface area is 369 Å². The average Bonchev–Trinajstić information content (AvgIpc) is 3.17. The van der Waals surface area contributed by atoms with Gasteiger partial charge in [-0.1, -0.05) is 6.58 Å². The van der Waals surface area contributed by atoms with Gasteiger partial charge < -0.3 is 4.74 Å². The Balaban J connectivity index is 4.74. The van der Waals surface area contributed by atoms with Gasteiger partial charge in [0.25, 0.3) is 0 Å². The Bertz CT molecular complexity index is 2110. The predicted octanol–water partition coefficient (Wildman–Crippen LogP) is 14.8. The van der Waals surface area contributed by atoms with Gasteiger partial charge in [0.2, 0.25) is 0 Å². The minimum Gasteiger partial charge on any atom is -0.393 e. The van der Waals surface area contributed by atoms with E-state index in [0.29, 0.717) is 0 Å². The van der Waals surface area contributed by atoms with Gasteiger partial charge in [0.15, 0.2) is 0 Å². The molecule has 74 heavy (non-hydrogen) atoms. The molecule has 440 valence electrons. The molecule has 0 bridgehead atoms. The first-order valence-corrected chi connectivity index (χ1v) is 16.0. The van der Waals surface area contributed by atoms with Crippen LogP contribution < -0.4 is 0 Å². The summed E-state index contributed by atoms with van der Waals surface area (Å²) < 4.78 is 644. The number of hydrogen-bond donors (Lipinski definition) is 0. The molecule has 0 saturated heterocycles. The van der Waals surface area contributed by atoms with E-state index in [0.717, 1.165) is 0 Å². The van der Waals surface area contributed by atoms with Crippen LogP contribution >= 0.6 is 0 Å². The molecule has 0 N–H and O–H groups in total. The molecule has 0 radical (unpaired) electrons. The van der Waals surface area contributed by atoms with E-state index < -0.39 is 148 Å². The van der Waals surface area contributed by atoms with Gasteiger partial charge in [-0.25, -0.2) is 9.18 Å². The summed E-state index contributed by atoms with van der Waals surface area (Å²) in [4.78, 5) is 10.9. The molecule has 1 aliphatic carbocycles. The lowest BCUT2D eigenvalue weighted by molar-refractivity contribution is -0.503. The molecule has 0 amide bonds. The summed E-state index contributed by atoms with van der Waals surface area (Å²) in [5.74, 6) is -228. The third-order valence-corrected chi connectivity index (χ3v) is 9.73. The fourth-order valence-corrected chi connectivity index (χ4v) is 5.04. The maximum absolute atomic E-state index is 15.5. The summed E-state index contributed by atoms with van der Waals surface area (Å²) in [6, 6.07) is 0. The van der Waals surface area contributed by atoms with E-state index in [1.807, 2.05) is 4.74 Å². The van der Waals surface area contributed by atoms with Crippen molar-refractivity contribution in [1.82, 2.24) is 0 Å². The average molecular weight is 1220 g/mol. The normalized spacial score (nSPS) is 24.6. The Morgan fingerprint density at radius 1 is 0.284 bits per heavy atom. The third kappa shape index (κ3) is 6.81. The number of halogens is 45. The summed E-state index contributed by atoms with van der Waals surface area (Å²) in [5, 5.41) is 0. The molecule has 0 aromatic heterocycles. The Kier molecular flexibility index (Phi) is 14.8. The molecule has 1 rings (SSSR count). The molecule has 1 saturated carbocycles. The van der Waals surface area contributed by atoms with E-state index in [1.54, 1.807) is 0 Å². The number of alkyl halides is 45. The van der Waals surface area contributed by atoms with Crippen molar-refractivity contribution in [3.63, 3.8) is 0 Å². The van der Waals surface area contributed by atoms with Crippen molar-refractivity contribution in [2.75, 3.05) is 0 Å². The highest BCUT2D eigenvalue weighted by molar-refractivity contribution is 5.87.